The van der Waals surface area contributed by atoms with Gasteiger partial charge in [-0.2, -0.15) is 0 Å². The van der Waals surface area contributed by atoms with Gasteiger partial charge in [-0.3, -0.25) is 4.98 Å². The molecular weight excluding hydrogens is 310 g/mol. The van der Waals surface area contributed by atoms with E-state index < -0.39 is 20.7 Å². The quantitative estimate of drug-likeness (QED) is 0.771. The predicted molar refractivity (Wildman–Crippen MR) is 91.6 cm³/mol. The average molecular weight is 329 g/mol. The molecule has 0 bridgehead atoms. The normalized spacial score (nSPS) is 14.0. The van der Waals surface area contributed by atoms with Crippen molar-refractivity contribution in [2.24, 2.45) is 5.14 Å². The second-order valence-corrected chi connectivity index (χ2v) is 8.32. The number of sulfonamides is 1. The van der Waals surface area contributed by atoms with Crippen LogP contribution in [0.2, 0.25) is 0 Å². The summed E-state index contributed by atoms with van der Waals surface area (Å²) in [6.45, 7) is 3.29. The molecule has 0 saturated heterocycles. The Morgan fingerprint density at radius 2 is 1.91 bits per heavy atom. The molecule has 1 unspecified atom stereocenters. The molecular formula is C17H19N3O2S. The van der Waals surface area contributed by atoms with Gasteiger partial charge < -0.3 is 4.98 Å². The van der Waals surface area contributed by atoms with Crippen molar-refractivity contribution in [3.05, 3.63) is 66.1 Å². The number of nitrogens with two attached hydrogens (primary N) is 1. The van der Waals surface area contributed by atoms with E-state index in [0.29, 0.717) is 0 Å². The Labute approximate surface area is 135 Å². The van der Waals surface area contributed by atoms with Gasteiger partial charge in [0.25, 0.3) is 0 Å². The lowest BCUT2D eigenvalue weighted by Crippen LogP contribution is -2.43. The Balaban J connectivity index is 2.24. The van der Waals surface area contributed by atoms with Crippen LogP contribution in [-0.2, 0) is 10.0 Å². The van der Waals surface area contributed by atoms with Crippen molar-refractivity contribution >= 4 is 20.9 Å². The summed E-state index contributed by atoms with van der Waals surface area (Å²) < 4.78 is 23.2. The largest absolute Gasteiger partial charge is 0.358 e. The topological polar surface area (TPSA) is 88.8 Å². The number of H-pyrrole nitrogens is 1. The number of hydrogen-bond acceptors (Lipinski definition) is 3. The fraction of sp³-hybridized carbons (Fsp3) is 0.235. The number of para-hydroxylation sites is 1. The molecule has 3 N–H and O–H groups in total. The maximum Gasteiger partial charge on any atom is 0.215 e. The molecule has 3 rings (SSSR count). The molecule has 0 fully saturated rings. The molecule has 0 spiro atoms. The van der Waals surface area contributed by atoms with Gasteiger partial charge in [-0.25, -0.2) is 13.6 Å². The van der Waals surface area contributed by atoms with Crippen LogP contribution < -0.4 is 5.14 Å². The molecule has 0 radical (unpaired) electrons. The Morgan fingerprint density at radius 3 is 2.52 bits per heavy atom. The Bertz CT molecular complexity index is 898. The van der Waals surface area contributed by atoms with Crippen LogP contribution in [-0.4, -0.2) is 23.1 Å². The van der Waals surface area contributed by atoms with E-state index >= 15 is 0 Å². The van der Waals surface area contributed by atoms with Gasteiger partial charge in [-0.05, 0) is 43.0 Å². The number of pyridine rings is 1. The van der Waals surface area contributed by atoms with E-state index in [1.54, 1.807) is 32.3 Å². The minimum atomic E-state index is -3.78. The third kappa shape index (κ3) is 2.75. The van der Waals surface area contributed by atoms with Crippen LogP contribution in [0, 0.1) is 0 Å². The smallest absolute Gasteiger partial charge is 0.215 e. The van der Waals surface area contributed by atoms with Crippen LogP contribution in [0.4, 0.5) is 0 Å². The summed E-state index contributed by atoms with van der Waals surface area (Å²) in [6, 6.07) is 13.5. The van der Waals surface area contributed by atoms with Crippen LogP contribution in [0.1, 0.15) is 31.0 Å². The van der Waals surface area contributed by atoms with Gasteiger partial charge >= 0.3 is 0 Å². The van der Waals surface area contributed by atoms with Crippen molar-refractivity contribution in [1.29, 1.82) is 0 Å². The molecule has 2 aromatic heterocycles. The number of aromatic amines is 1. The maximum absolute atomic E-state index is 12.2. The van der Waals surface area contributed by atoms with E-state index in [4.69, 9.17) is 5.14 Å². The highest BCUT2D eigenvalue weighted by atomic mass is 32.2. The number of benzene rings is 1. The second kappa shape index (κ2) is 5.47. The molecule has 1 aromatic carbocycles. The Morgan fingerprint density at radius 1 is 1.17 bits per heavy atom. The van der Waals surface area contributed by atoms with Gasteiger partial charge in [0.15, 0.2) is 0 Å². The maximum atomic E-state index is 12.2. The first kappa shape index (κ1) is 15.7. The van der Waals surface area contributed by atoms with Gasteiger partial charge in [0.2, 0.25) is 10.0 Å². The van der Waals surface area contributed by atoms with E-state index in [1.807, 2.05) is 36.4 Å². The lowest BCUT2D eigenvalue weighted by Gasteiger charge is -2.31. The van der Waals surface area contributed by atoms with Crippen LogP contribution >= 0.6 is 0 Å². The van der Waals surface area contributed by atoms with Crippen molar-refractivity contribution in [1.82, 2.24) is 9.97 Å². The van der Waals surface area contributed by atoms with E-state index in [-0.39, 0.29) is 0 Å². The predicted octanol–water partition coefficient (Wildman–Crippen LogP) is 2.76. The zero-order valence-corrected chi connectivity index (χ0v) is 13.8. The number of nitrogens with zero attached hydrogens (tertiary/aromatic N) is 1. The second-order valence-electron chi connectivity index (χ2n) is 6.18. The lowest BCUT2D eigenvalue weighted by atomic mass is 9.86. The number of nitrogens with one attached hydrogen (secondary N) is 1. The molecule has 1 atom stereocenters. The summed E-state index contributed by atoms with van der Waals surface area (Å²) in [5.41, 5.74) is 2.57. The summed E-state index contributed by atoms with van der Waals surface area (Å²) in [7, 11) is -3.78. The number of primary sulfonamides is 1. The molecule has 0 amide bonds. The third-order valence-corrected chi connectivity index (χ3v) is 6.01. The van der Waals surface area contributed by atoms with E-state index in [9.17, 15) is 8.42 Å². The highest BCUT2D eigenvalue weighted by Crippen LogP contribution is 2.39. The van der Waals surface area contributed by atoms with Crippen molar-refractivity contribution in [3.63, 3.8) is 0 Å². The monoisotopic (exact) mass is 329 g/mol. The molecule has 0 aliphatic heterocycles. The molecule has 2 heterocycles. The molecule has 0 aliphatic rings. The summed E-state index contributed by atoms with van der Waals surface area (Å²) in [5.74, 6) is -0.446. The van der Waals surface area contributed by atoms with Crippen LogP contribution in [0.15, 0.2) is 54.9 Å². The van der Waals surface area contributed by atoms with Crippen LogP contribution in [0.5, 0.6) is 0 Å². The first-order chi connectivity index (χ1) is 10.8. The Hall–Kier alpha value is -2.18. The summed E-state index contributed by atoms with van der Waals surface area (Å²) in [6.07, 6.45) is 3.35. The average Bonchev–Trinajstić information content (AvgIpc) is 2.90. The van der Waals surface area contributed by atoms with Gasteiger partial charge in [-0.1, -0.05) is 24.3 Å². The van der Waals surface area contributed by atoms with E-state index in [2.05, 4.69) is 9.97 Å². The number of hydrogen-bond donors (Lipinski definition) is 2. The standard InChI is InChI=1S/C17H19N3O2S/c1-17(2,23(18,21)22)16(13-7-5-9-19-11-13)15-10-12-6-3-4-8-14(12)20-15/h3-11,16,20H,1-2H3,(H2,18,21,22). The highest BCUT2D eigenvalue weighted by Gasteiger charge is 2.42. The van der Waals surface area contributed by atoms with Gasteiger partial charge in [0.05, 0.1) is 4.75 Å². The highest BCUT2D eigenvalue weighted by molar-refractivity contribution is 7.90. The summed E-state index contributed by atoms with van der Waals surface area (Å²) in [5, 5.41) is 6.55. The van der Waals surface area contributed by atoms with Crippen molar-refractivity contribution in [3.8, 4) is 0 Å². The lowest BCUT2D eigenvalue weighted by molar-refractivity contribution is 0.514. The zero-order chi connectivity index (χ0) is 16.7. The number of fused-ring (bicyclic) bond motifs is 1. The minimum Gasteiger partial charge on any atom is -0.358 e. The van der Waals surface area contributed by atoms with Crippen LogP contribution in [0.3, 0.4) is 0 Å². The van der Waals surface area contributed by atoms with Crippen molar-refractivity contribution in [2.75, 3.05) is 0 Å². The SMILES string of the molecule is CC(C)(C(c1cccnc1)c1cc2ccccc2[nH]1)S(N)(=O)=O. The van der Waals surface area contributed by atoms with E-state index in [1.165, 1.54) is 0 Å². The molecule has 0 aliphatic carbocycles. The minimum absolute atomic E-state index is 0.446. The number of aromatic nitrogens is 2. The zero-order valence-electron chi connectivity index (χ0n) is 13.0. The molecule has 5 nitrogen and oxygen atoms in total. The van der Waals surface area contributed by atoms with Crippen molar-refractivity contribution in [2.45, 2.75) is 24.5 Å². The third-order valence-electron chi connectivity index (χ3n) is 4.31. The fourth-order valence-electron chi connectivity index (χ4n) is 2.92. The van der Waals surface area contributed by atoms with Gasteiger partial charge in [0, 0.05) is 29.5 Å². The first-order valence-corrected chi connectivity index (χ1v) is 8.85. The van der Waals surface area contributed by atoms with Gasteiger partial charge in [0.1, 0.15) is 0 Å². The first-order valence-electron chi connectivity index (χ1n) is 7.30. The molecule has 0 saturated carbocycles. The van der Waals surface area contributed by atoms with Crippen molar-refractivity contribution < 1.29 is 8.42 Å². The molecule has 23 heavy (non-hydrogen) atoms. The molecule has 3 aromatic rings. The summed E-state index contributed by atoms with van der Waals surface area (Å²) in [4.78, 5) is 7.46. The number of rotatable bonds is 4. The molecule has 6 heteroatoms. The van der Waals surface area contributed by atoms with Gasteiger partial charge in [-0.15, -0.1) is 0 Å². The van der Waals surface area contributed by atoms with Crippen LogP contribution in [0.25, 0.3) is 10.9 Å². The Kier molecular flexibility index (Phi) is 3.74. The summed E-state index contributed by atoms with van der Waals surface area (Å²) >= 11 is 0. The molecule has 120 valence electrons. The van der Waals surface area contributed by atoms with E-state index in [0.717, 1.165) is 22.2 Å². The fourth-order valence-corrected chi connectivity index (χ4v) is 3.51.